The maximum atomic E-state index is 11.9. The maximum Gasteiger partial charge on any atom is 0.251 e. The summed E-state index contributed by atoms with van der Waals surface area (Å²) in [7, 11) is 1.96. The van der Waals surface area contributed by atoms with Crippen LogP contribution in [0.15, 0.2) is 42.7 Å². The number of aromatic nitrogens is 1. The van der Waals surface area contributed by atoms with Crippen molar-refractivity contribution in [2.75, 3.05) is 0 Å². The summed E-state index contributed by atoms with van der Waals surface area (Å²) in [5.41, 5.74) is 2.84. The monoisotopic (exact) mass is 228 g/mol. The normalized spacial score (nSPS) is 10.2. The van der Waals surface area contributed by atoms with Crippen LogP contribution >= 0.6 is 0 Å². The molecule has 1 N–H and O–H groups in total. The van der Waals surface area contributed by atoms with Crippen molar-refractivity contribution in [3.8, 4) is 0 Å². The summed E-state index contributed by atoms with van der Waals surface area (Å²) >= 11 is 0. The Balaban J connectivity index is 2.01. The van der Waals surface area contributed by atoms with Crippen molar-refractivity contribution in [2.45, 2.75) is 13.5 Å². The van der Waals surface area contributed by atoms with Gasteiger partial charge in [-0.15, -0.1) is 0 Å². The number of hydrogen-bond acceptors (Lipinski definition) is 1. The zero-order chi connectivity index (χ0) is 12.3. The van der Waals surface area contributed by atoms with Gasteiger partial charge in [-0.3, -0.25) is 4.79 Å². The molecule has 0 aliphatic rings. The molecule has 88 valence electrons. The quantitative estimate of drug-likeness (QED) is 0.859. The average Bonchev–Trinajstić information content (AvgIpc) is 2.73. The Hall–Kier alpha value is -2.03. The van der Waals surface area contributed by atoms with E-state index in [0.717, 1.165) is 16.7 Å². The molecule has 0 spiro atoms. The fourth-order valence-electron chi connectivity index (χ4n) is 1.77. The van der Waals surface area contributed by atoms with Crippen LogP contribution in [0.2, 0.25) is 0 Å². The molecular formula is C14H16N2O. The van der Waals surface area contributed by atoms with E-state index in [2.05, 4.69) is 5.32 Å². The first-order valence-electron chi connectivity index (χ1n) is 5.61. The van der Waals surface area contributed by atoms with Crippen LogP contribution in [0.1, 0.15) is 21.5 Å². The molecular weight excluding hydrogens is 212 g/mol. The predicted octanol–water partition coefficient (Wildman–Crippen LogP) is 2.26. The van der Waals surface area contributed by atoms with E-state index >= 15 is 0 Å². The van der Waals surface area contributed by atoms with Crippen LogP contribution in [0.5, 0.6) is 0 Å². The molecule has 1 amide bonds. The van der Waals surface area contributed by atoms with E-state index in [0.29, 0.717) is 6.54 Å². The van der Waals surface area contributed by atoms with Crippen LogP contribution < -0.4 is 5.32 Å². The number of benzene rings is 1. The van der Waals surface area contributed by atoms with Gasteiger partial charge < -0.3 is 9.88 Å². The lowest BCUT2D eigenvalue weighted by Gasteiger charge is -2.06. The summed E-state index contributed by atoms with van der Waals surface area (Å²) in [4.78, 5) is 11.9. The van der Waals surface area contributed by atoms with Crippen LogP contribution in [0.4, 0.5) is 0 Å². The van der Waals surface area contributed by atoms with Crippen LogP contribution in [0.25, 0.3) is 0 Å². The number of rotatable bonds is 3. The Kier molecular flexibility index (Phi) is 3.28. The van der Waals surface area contributed by atoms with E-state index in [1.807, 2.05) is 61.3 Å². The third-order valence-electron chi connectivity index (χ3n) is 2.74. The molecule has 0 aliphatic heterocycles. The van der Waals surface area contributed by atoms with Crippen LogP contribution in [0, 0.1) is 6.92 Å². The number of aryl methyl sites for hydroxylation is 2. The van der Waals surface area contributed by atoms with E-state index < -0.39 is 0 Å². The highest BCUT2D eigenvalue weighted by Gasteiger charge is 2.07. The summed E-state index contributed by atoms with van der Waals surface area (Å²) in [6.07, 6.45) is 3.97. The van der Waals surface area contributed by atoms with Gasteiger partial charge in [0, 0.05) is 31.5 Å². The van der Waals surface area contributed by atoms with E-state index in [1.165, 1.54) is 0 Å². The summed E-state index contributed by atoms with van der Waals surface area (Å²) in [6, 6.07) is 9.60. The Morgan fingerprint density at radius 2 is 2.06 bits per heavy atom. The smallest absolute Gasteiger partial charge is 0.251 e. The van der Waals surface area contributed by atoms with Crippen molar-refractivity contribution in [1.82, 2.24) is 9.88 Å². The lowest BCUT2D eigenvalue weighted by Crippen LogP contribution is -2.23. The molecule has 1 heterocycles. The highest BCUT2D eigenvalue weighted by atomic mass is 16.1. The SMILES string of the molecule is Cc1ccccc1C(=O)NCc1ccn(C)c1. The first kappa shape index (κ1) is 11.5. The number of nitrogens with zero attached hydrogens (tertiary/aromatic N) is 1. The molecule has 0 fully saturated rings. The van der Waals surface area contributed by atoms with E-state index in [4.69, 9.17) is 0 Å². The maximum absolute atomic E-state index is 11.9. The third kappa shape index (κ3) is 2.75. The highest BCUT2D eigenvalue weighted by molar-refractivity contribution is 5.95. The second-order valence-corrected chi connectivity index (χ2v) is 4.18. The number of nitrogens with one attached hydrogen (secondary N) is 1. The van der Waals surface area contributed by atoms with Gasteiger partial charge in [0.1, 0.15) is 0 Å². The Bertz CT molecular complexity index is 529. The Morgan fingerprint density at radius 3 is 2.71 bits per heavy atom. The summed E-state index contributed by atoms with van der Waals surface area (Å²) in [5.74, 6) is -0.0213. The first-order valence-corrected chi connectivity index (χ1v) is 5.61. The lowest BCUT2D eigenvalue weighted by atomic mass is 10.1. The number of hydrogen-bond donors (Lipinski definition) is 1. The van der Waals surface area contributed by atoms with Gasteiger partial charge in [0.25, 0.3) is 5.91 Å². The summed E-state index contributed by atoms with van der Waals surface area (Å²) in [5, 5.41) is 2.92. The molecule has 3 heteroatoms. The van der Waals surface area contributed by atoms with Crippen molar-refractivity contribution in [2.24, 2.45) is 7.05 Å². The molecule has 0 aliphatic carbocycles. The first-order chi connectivity index (χ1) is 8.16. The van der Waals surface area contributed by atoms with Gasteiger partial charge in [0.2, 0.25) is 0 Å². The summed E-state index contributed by atoms with van der Waals surface area (Å²) in [6.45, 7) is 2.51. The standard InChI is InChI=1S/C14H16N2O/c1-11-5-3-4-6-13(11)14(17)15-9-12-7-8-16(2)10-12/h3-8,10H,9H2,1-2H3,(H,15,17). The molecule has 2 aromatic rings. The zero-order valence-electron chi connectivity index (χ0n) is 10.1. The third-order valence-corrected chi connectivity index (χ3v) is 2.74. The van der Waals surface area contributed by atoms with Crippen molar-refractivity contribution in [1.29, 1.82) is 0 Å². The summed E-state index contributed by atoms with van der Waals surface area (Å²) < 4.78 is 1.97. The molecule has 17 heavy (non-hydrogen) atoms. The molecule has 0 saturated carbocycles. The van der Waals surface area contributed by atoms with E-state index in [-0.39, 0.29) is 5.91 Å². The van der Waals surface area contributed by atoms with Gasteiger partial charge in [-0.05, 0) is 30.2 Å². The Morgan fingerprint density at radius 1 is 1.29 bits per heavy atom. The fraction of sp³-hybridized carbons (Fsp3) is 0.214. The topological polar surface area (TPSA) is 34.0 Å². The Labute approximate surface area is 101 Å². The van der Waals surface area contributed by atoms with Gasteiger partial charge in [-0.2, -0.15) is 0 Å². The molecule has 0 bridgehead atoms. The zero-order valence-corrected chi connectivity index (χ0v) is 10.1. The van der Waals surface area contributed by atoms with E-state index in [9.17, 15) is 4.79 Å². The largest absolute Gasteiger partial charge is 0.357 e. The van der Waals surface area contributed by atoms with Gasteiger partial charge in [0.05, 0.1) is 0 Å². The van der Waals surface area contributed by atoms with Gasteiger partial charge >= 0.3 is 0 Å². The van der Waals surface area contributed by atoms with E-state index in [1.54, 1.807) is 0 Å². The minimum atomic E-state index is -0.0213. The van der Waals surface area contributed by atoms with Crippen LogP contribution in [-0.2, 0) is 13.6 Å². The molecule has 0 unspecified atom stereocenters. The van der Waals surface area contributed by atoms with Crippen molar-refractivity contribution in [3.05, 3.63) is 59.4 Å². The molecule has 1 aromatic carbocycles. The van der Waals surface area contributed by atoms with Gasteiger partial charge in [0.15, 0.2) is 0 Å². The predicted molar refractivity (Wildman–Crippen MR) is 67.8 cm³/mol. The molecule has 2 rings (SSSR count). The van der Waals surface area contributed by atoms with Gasteiger partial charge in [-0.25, -0.2) is 0 Å². The molecule has 0 saturated heterocycles. The minimum Gasteiger partial charge on any atom is -0.357 e. The molecule has 3 nitrogen and oxygen atoms in total. The van der Waals surface area contributed by atoms with Crippen molar-refractivity contribution < 1.29 is 4.79 Å². The number of amides is 1. The number of carbonyl (C=O) groups excluding carboxylic acids is 1. The number of carbonyl (C=O) groups is 1. The minimum absolute atomic E-state index is 0.0213. The average molecular weight is 228 g/mol. The molecule has 1 aromatic heterocycles. The highest BCUT2D eigenvalue weighted by Crippen LogP contribution is 2.07. The second kappa shape index (κ2) is 4.87. The van der Waals surface area contributed by atoms with Crippen LogP contribution in [-0.4, -0.2) is 10.5 Å². The molecule has 0 radical (unpaired) electrons. The van der Waals surface area contributed by atoms with Crippen molar-refractivity contribution in [3.63, 3.8) is 0 Å². The van der Waals surface area contributed by atoms with Gasteiger partial charge in [-0.1, -0.05) is 18.2 Å². The van der Waals surface area contributed by atoms with Crippen molar-refractivity contribution >= 4 is 5.91 Å². The second-order valence-electron chi connectivity index (χ2n) is 4.18. The lowest BCUT2D eigenvalue weighted by molar-refractivity contribution is 0.0950. The van der Waals surface area contributed by atoms with Crippen LogP contribution in [0.3, 0.4) is 0 Å². The molecule has 0 atom stereocenters. The fourth-order valence-corrected chi connectivity index (χ4v) is 1.77.